The normalized spacial score (nSPS) is 25.0. The lowest BCUT2D eigenvalue weighted by molar-refractivity contribution is 0.0876. The minimum absolute atomic E-state index is 1.22. The fraction of sp³-hybridized carbons (Fsp3) is 1.00. The molecule has 4 unspecified atom stereocenters. The predicted octanol–water partition coefficient (Wildman–Crippen LogP) is -1.20. The van der Waals surface area contributed by atoms with E-state index in [-0.39, 0.29) is 0 Å². The summed E-state index contributed by atoms with van der Waals surface area (Å²) < 4.78 is 36.1. The van der Waals surface area contributed by atoms with Gasteiger partial charge in [0.2, 0.25) is 0 Å². The summed E-state index contributed by atoms with van der Waals surface area (Å²) in [6, 6.07) is 0. The molecule has 0 rings (SSSR count). The zero-order valence-electron chi connectivity index (χ0n) is 15.1. The van der Waals surface area contributed by atoms with E-state index in [1.165, 1.54) is 54.1 Å². The Hall–Kier alpha value is 0.644. The summed E-state index contributed by atoms with van der Waals surface area (Å²) in [7, 11) is -15.1. The third-order valence-corrected chi connectivity index (χ3v) is 16.9. The monoisotopic (exact) mass is 440 g/mol. The highest BCUT2D eigenvalue weighted by Crippen LogP contribution is 2.25. The van der Waals surface area contributed by atoms with Crippen molar-refractivity contribution < 1.29 is 48.9 Å². The van der Waals surface area contributed by atoms with E-state index in [0.29, 0.717) is 0 Å². The smallest absolute Gasteiger partial charge is 0.391 e. The molecule has 16 heteroatoms. The molecule has 0 aromatic rings. The van der Waals surface area contributed by atoms with E-state index in [1.807, 2.05) is 0 Å². The van der Waals surface area contributed by atoms with Gasteiger partial charge in [-0.05, 0) is 0 Å². The maximum absolute atomic E-state index is 10.4. The van der Waals surface area contributed by atoms with Gasteiger partial charge in [0.25, 0.3) is 0 Å². The molecular formula is C8H28O11Si5. The molecule has 11 nitrogen and oxygen atoms in total. The second-order valence-electron chi connectivity index (χ2n) is 5.47. The molecule has 0 spiro atoms. The summed E-state index contributed by atoms with van der Waals surface area (Å²) in [5, 5.41) is 0. The van der Waals surface area contributed by atoms with Crippen LogP contribution in [0.5, 0.6) is 0 Å². The van der Waals surface area contributed by atoms with E-state index in [0.717, 1.165) is 0 Å². The molecule has 0 radical (unpaired) electrons. The van der Waals surface area contributed by atoms with Crippen LogP contribution in [0.3, 0.4) is 0 Å². The molecule has 0 aliphatic heterocycles. The Balaban J connectivity index is 5.47. The SMILES string of the molecule is CO[Si](C)(O)O[Si](C)(O)O[Si](C)(O[Si](C)(O)OC)O[Si](C)(O)OC. The molecule has 0 amide bonds. The van der Waals surface area contributed by atoms with Crippen LogP contribution >= 0.6 is 0 Å². The minimum Gasteiger partial charge on any atom is -0.391 e. The lowest BCUT2D eigenvalue weighted by Gasteiger charge is -2.39. The number of hydrogen-bond acceptors (Lipinski definition) is 11. The van der Waals surface area contributed by atoms with E-state index in [4.69, 9.17) is 29.7 Å². The summed E-state index contributed by atoms with van der Waals surface area (Å²) in [5.41, 5.74) is 0. The van der Waals surface area contributed by atoms with E-state index in [2.05, 4.69) is 0 Å². The second-order valence-corrected chi connectivity index (χ2v) is 18.9. The van der Waals surface area contributed by atoms with Crippen molar-refractivity contribution in [3.05, 3.63) is 0 Å². The predicted molar refractivity (Wildman–Crippen MR) is 92.3 cm³/mol. The van der Waals surface area contributed by atoms with Crippen LogP contribution in [-0.2, 0) is 29.7 Å². The van der Waals surface area contributed by atoms with Crippen molar-refractivity contribution in [2.24, 2.45) is 0 Å². The van der Waals surface area contributed by atoms with Gasteiger partial charge in [-0.3, -0.25) is 0 Å². The minimum atomic E-state index is -4.01. The highest BCUT2D eigenvalue weighted by molar-refractivity contribution is 6.85. The topological polar surface area (TPSA) is 146 Å². The van der Waals surface area contributed by atoms with Gasteiger partial charge in [-0.15, -0.1) is 0 Å². The van der Waals surface area contributed by atoms with E-state index >= 15 is 0 Å². The first kappa shape index (κ1) is 24.6. The maximum Gasteiger partial charge on any atom is 0.487 e. The van der Waals surface area contributed by atoms with Crippen LogP contribution < -0.4 is 0 Å². The zero-order valence-corrected chi connectivity index (χ0v) is 20.1. The Bertz CT molecular complexity index is 386. The summed E-state index contributed by atoms with van der Waals surface area (Å²) >= 11 is 0. The largest absolute Gasteiger partial charge is 0.487 e. The third-order valence-electron chi connectivity index (χ3n) is 2.64. The molecule has 0 heterocycles. The van der Waals surface area contributed by atoms with Crippen LogP contribution in [0, 0.1) is 0 Å². The Labute approximate surface area is 147 Å². The maximum atomic E-state index is 10.4. The van der Waals surface area contributed by atoms with Crippen LogP contribution in [0.2, 0.25) is 32.7 Å². The molecular weight excluding hydrogens is 413 g/mol. The van der Waals surface area contributed by atoms with Gasteiger partial charge in [-0.2, -0.15) is 0 Å². The van der Waals surface area contributed by atoms with Crippen LogP contribution in [0.1, 0.15) is 0 Å². The van der Waals surface area contributed by atoms with Gasteiger partial charge in [0, 0.05) is 54.1 Å². The highest BCUT2D eigenvalue weighted by Gasteiger charge is 2.56. The molecule has 24 heavy (non-hydrogen) atoms. The van der Waals surface area contributed by atoms with Crippen molar-refractivity contribution in [3.8, 4) is 0 Å². The van der Waals surface area contributed by atoms with E-state index < -0.39 is 44.0 Å². The van der Waals surface area contributed by atoms with E-state index in [9.17, 15) is 19.2 Å². The van der Waals surface area contributed by atoms with Gasteiger partial charge >= 0.3 is 44.0 Å². The summed E-state index contributed by atoms with van der Waals surface area (Å²) in [6.07, 6.45) is 0. The van der Waals surface area contributed by atoms with Crippen LogP contribution in [0.4, 0.5) is 0 Å². The molecule has 146 valence electrons. The van der Waals surface area contributed by atoms with Crippen molar-refractivity contribution in [3.63, 3.8) is 0 Å². The average molecular weight is 441 g/mol. The Morgan fingerprint density at radius 3 is 1.00 bits per heavy atom. The number of rotatable bonds is 11. The summed E-state index contributed by atoms with van der Waals surface area (Å²) in [4.78, 5) is 40.5. The van der Waals surface area contributed by atoms with E-state index in [1.54, 1.807) is 0 Å². The van der Waals surface area contributed by atoms with Gasteiger partial charge in [-0.1, -0.05) is 0 Å². The summed E-state index contributed by atoms with van der Waals surface area (Å²) in [6.45, 7) is 6.47. The highest BCUT2D eigenvalue weighted by atomic mass is 28.5. The molecule has 4 N–H and O–H groups in total. The van der Waals surface area contributed by atoms with Gasteiger partial charge in [0.1, 0.15) is 0 Å². The standard InChI is InChI=1S/C8H28O11Si5/c1-13-20(4,9)16-23(7,12)19-24(8,17-21(5,10)14-2)18-22(6,11)15-3/h9-12H,1-8H3. The first-order valence-electron chi connectivity index (χ1n) is 6.86. The molecule has 0 saturated heterocycles. The Kier molecular flexibility index (Phi) is 8.79. The molecule has 0 bridgehead atoms. The Morgan fingerprint density at radius 1 is 0.458 bits per heavy atom. The number of hydrogen-bond donors (Lipinski definition) is 4. The van der Waals surface area contributed by atoms with Crippen LogP contribution in [0.15, 0.2) is 0 Å². The Morgan fingerprint density at radius 2 is 0.708 bits per heavy atom. The zero-order chi connectivity index (χ0) is 19.4. The fourth-order valence-corrected chi connectivity index (χ4v) is 15.8. The first-order valence-corrected chi connectivity index (χ1v) is 18.1. The van der Waals surface area contributed by atoms with Gasteiger partial charge in [-0.25, -0.2) is 0 Å². The van der Waals surface area contributed by atoms with Crippen molar-refractivity contribution >= 4 is 44.0 Å². The average Bonchev–Trinajstić information content (AvgIpc) is 2.34. The molecule has 0 aromatic heterocycles. The van der Waals surface area contributed by atoms with Crippen molar-refractivity contribution in [2.75, 3.05) is 21.3 Å². The van der Waals surface area contributed by atoms with Gasteiger partial charge in [0.05, 0.1) is 0 Å². The quantitative estimate of drug-likeness (QED) is 0.287. The molecule has 0 saturated carbocycles. The lowest BCUT2D eigenvalue weighted by atomic mass is 11.8. The van der Waals surface area contributed by atoms with Crippen molar-refractivity contribution in [1.29, 1.82) is 0 Å². The molecule has 0 fully saturated rings. The van der Waals surface area contributed by atoms with Gasteiger partial charge in [0.15, 0.2) is 0 Å². The van der Waals surface area contributed by atoms with Crippen LogP contribution in [0.25, 0.3) is 0 Å². The van der Waals surface area contributed by atoms with Crippen molar-refractivity contribution in [1.82, 2.24) is 0 Å². The molecule has 0 aromatic carbocycles. The lowest BCUT2D eigenvalue weighted by Crippen LogP contribution is -2.65. The molecule has 4 atom stereocenters. The summed E-state index contributed by atoms with van der Waals surface area (Å²) in [5.74, 6) is 0. The van der Waals surface area contributed by atoms with Crippen molar-refractivity contribution in [2.45, 2.75) is 32.7 Å². The third kappa shape index (κ3) is 9.37. The van der Waals surface area contributed by atoms with Gasteiger partial charge < -0.3 is 48.9 Å². The first-order chi connectivity index (χ1) is 10.5. The molecule has 0 aliphatic rings. The van der Waals surface area contributed by atoms with Crippen LogP contribution in [-0.4, -0.2) is 84.5 Å². The molecule has 0 aliphatic carbocycles. The second kappa shape index (κ2) is 8.56. The fourth-order valence-electron chi connectivity index (χ4n) is 1.59.